The van der Waals surface area contributed by atoms with Gasteiger partial charge in [0, 0.05) is 33.7 Å². The van der Waals surface area contributed by atoms with E-state index in [9.17, 15) is 13.2 Å². The highest BCUT2D eigenvalue weighted by atomic mass is 32.2. The summed E-state index contributed by atoms with van der Waals surface area (Å²) in [7, 11) is -0.791. The third kappa shape index (κ3) is 5.10. The van der Waals surface area contributed by atoms with Crippen molar-refractivity contribution in [2.75, 3.05) is 33.9 Å². The zero-order chi connectivity index (χ0) is 15.9. The lowest BCUT2D eigenvalue weighted by atomic mass is 10.4. The number of sulfonamides is 1. The van der Waals surface area contributed by atoms with Crippen molar-refractivity contribution in [1.29, 1.82) is 0 Å². The number of aryl methyl sites for hydroxylation is 1. The Labute approximate surface area is 124 Å². The summed E-state index contributed by atoms with van der Waals surface area (Å²) in [4.78, 5) is 18.4. The molecule has 0 bridgehead atoms. The summed E-state index contributed by atoms with van der Waals surface area (Å²) < 4.78 is 30.3. The van der Waals surface area contributed by atoms with Gasteiger partial charge in [-0.1, -0.05) is 6.92 Å². The number of carbonyl (C=O) groups excluding carboxylic acids is 1. The van der Waals surface area contributed by atoms with Crippen LogP contribution in [0.4, 0.5) is 0 Å². The normalized spacial score (nSPS) is 11.8. The Morgan fingerprint density at radius 3 is 2.81 bits per heavy atom. The standard InChI is InChI=1S/C12H22N4O4S/c1-4-10-14-8-12(15-10)21(18,19)16(2)9-11(17)13-6-5-7-20-3/h8H,4-7,9H2,1-3H3,(H,13,17)(H,14,15). The van der Waals surface area contributed by atoms with Gasteiger partial charge in [0.05, 0.1) is 12.7 Å². The number of imidazole rings is 1. The number of likely N-dealkylation sites (N-methyl/N-ethyl adjacent to an activating group) is 1. The largest absolute Gasteiger partial charge is 0.385 e. The van der Waals surface area contributed by atoms with Crippen LogP contribution in [-0.4, -0.2) is 62.5 Å². The molecule has 120 valence electrons. The molecule has 0 saturated carbocycles. The molecule has 0 unspecified atom stereocenters. The van der Waals surface area contributed by atoms with E-state index in [1.807, 2.05) is 6.92 Å². The molecule has 1 aromatic rings. The van der Waals surface area contributed by atoms with Crippen LogP contribution in [0.1, 0.15) is 19.2 Å². The molecule has 21 heavy (non-hydrogen) atoms. The molecule has 0 fully saturated rings. The molecular formula is C12H22N4O4S. The van der Waals surface area contributed by atoms with Crippen molar-refractivity contribution in [2.24, 2.45) is 0 Å². The molecule has 0 spiro atoms. The molecule has 9 heteroatoms. The minimum Gasteiger partial charge on any atom is -0.385 e. The summed E-state index contributed by atoms with van der Waals surface area (Å²) in [5, 5.41) is 2.63. The van der Waals surface area contributed by atoms with E-state index in [1.165, 1.54) is 13.2 Å². The van der Waals surface area contributed by atoms with E-state index in [0.717, 1.165) is 4.31 Å². The number of aromatic nitrogens is 2. The molecule has 1 aromatic heterocycles. The van der Waals surface area contributed by atoms with Crippen LogP contribution < -0.4 is 5.32 Å². The monoisotopic (exact) mass is 318 g/mol. The van der Waals surface area contributed by atoms with Crippen LogP contribution in [0.5, 0.6) is 0 Å². The summed E-state index contributed by atoms with van der Waals surface area (Å²) in [5.41, 5.74) is 0. The Hall–Kier alpha value is -1.45. The van der Waals surface area contributed by atoms with Gasteiger partial charge in [0.2, 0.25) is 5.91 Å². The number of aromatic amines is 1. The predicted octanol–water partition coefficient (Wildman–Crippen LogP) is -0.255. The Morgan fingerprint density at radius 2 is 2.24 bits per heavy atom. The zero-order valence-electron chi connectivity index (χ0n) is 12.5. The molecule has 1 rings (SSSR count). The van der Waals surface area contributed by atoms with E-state index in [1.54, 1.807) is 7.11 Å². The van der Waals surface area contributed by atoms with Gasteiger partial charge in [-0.15, -0.1) is 0 Å². The first-order valence-electron chi connectivity index (χ1n) is 6.67. The summed E-state index contributed by atoms with van der Waals surface area (Å²) in [6.45, 7) is 2.62. The van der Waals surface area contributed by atoms with Gasteiger partial charge >= 0.3 is 0 Å². The number of nitrogens with one attached hydrogen (secondary N) is 2. The summed E-state index contributed by atoms with van der Waals surface area (Å²) in [6, 6.07) is 0. The van der Waals surface area contributed by atoms with Crippen LogP contribution in [0.3, 0.4) is 0 Å². The van der Waals surface area contributed by atoms with E-state index in [-0.39, 0.29) is 17.5 Å². The number of H-pyrrole nitrogens is 1. The average Bonchev–Trinajstić information content (AvgIpc) is 2.93. The average molecular weight is 318 g/mol. The second-order valence-electron chi connectivity index (χ2n) is 4.51. The van der Waals surface area contributed by atoms with Gasteiger partial charge in [-0.3, -0.25) is 4.79 Å². The highest BCUT2D eigenvalue weighted by Crippen LogP contribution is 2.11. The van der Waals surface area contributed by atoms with Crippen molar-refractivity contribution in [3.05, 3.63) is 12.0 Å². The lowest BCUT2D eigenvalue weighted by Crippen LogP contribution is -2.38. The maximum atomic E-state index is 12.2. The first-order valence-corrected chi connectivity index (χ1v) is 8.11. The molecule has 0 aromatic carbocycles. The van der Waals surface area contributed by atoms with Crippen LogP contribution in [0.25, 0.3) is 0 Å². The quantitative estimate of drug-likeness (QED) is 0.611. The first kappa shape index (κ1) is 17.6. The van der Waals surface area contributed by atoms with Gasteiger partial charge in [-0.05, 0) is 6.42 Å². The Balaban J connectivity index is 2.57. The fourth-order valence-electron chi connectivity index (χ4n) is 1.61. The fourth-order valence-corrected chi connectivity index (χ4v) is 2.67. The molecule has 0 aliphatic heterocycles. The molecule has 0 saturated heterocycles. The number of carbonyl (C=O) groups is 1. The van der Waals surface area contributed by atoms with Crippen molar-refractivity contribution in [2.45, 2.75) is 24.8 Å². The first-order chi connectivity index (χ1) is 9.91. The molecule has 2 N–H and O–H groups in total. The molecule has 0 radical (unpaired) electrons. The second-order valence-corrected chi connectivity index (χ2v) is 6.52. The van der Waals surface area contributed by atoms with Gasteiger partial charge in [0.15, 0.2) is 5.03 Å². The number of methoxy groups -OCH3 is 1. The lowest BCUT2D eigenvalue weighted by molar-refractivity contribution is -0.121. The highest BCUT2D eigenvalue weighted by molar-refractivity contribution is 7.89. The van der Waals surface area contributed by atoms with Crippen LogP contribution in [0.2, 0.25) is 0 Å². The van der Waals surface area contributed by atoms with E-state index in [4.69, 9.17) is 4.74 Å². The second kappa shape index (κ2) is 8.11. The fraction of sp³-hybridized carbons (Fsp3) is 0.667. The SMILES string of the molecule is CCc1ncc(S(=O)(=O)N(C)CC(=O)NCCCOC)[nH]1. The smallest absolute Gasteiger partial charge is 0.260 e. The lowest BCUT2D eigenvalue weighted by Gasteiger charge is -2.15. The number of nitrogens with zero attached hydrogens (tertiary/aromatic N) is 2. The van der Waals surface area contributed by atoms with Gasteiger partial charge in [0.25, 0.3) is 10.0 Å². The van der Waals surface area contributed by atoms with Gasteiger partial charge in [-0.2, -0.15) is 4.31 Å². The van der Waals surface area contributed by atoms with E-state index in [2.05, 4.69) is 15.3 Å². The number of hydrogen-bond acceptors (Lipinski definition) is 5. The van der Waals surface area contributed by atoms with Crippen molar-refractivity contribution in [1.82, 2.24) is 19.6 Å². The maximum absolute atomic E-state index is 12.2. The van der Waals surface area contributed by atoms with Crippen LogP contribution >= 0.6 is 0 Å². The van der Waals surface area contributed by atoms with Crippen LogP contribution in [0, 0.1) is 0 Å². The molecule has 1 amide bonds. The summed E-state index contributed by atoms with van der Waals surface area (Å²) in [5.74, 6) is 0.235. The molecular weight excluding hydrogens is 296 g/mol. The van der Waals surface area contributed by atoms with Gasteiger partial charge in [0.1, 0.15) is 5.82 Å². The summed E-state index contributed by atoms with van der Waals surface area (Å²) in [6.07, 6.45) is 2.56. The Morgan fingerprint density at radius 1 is 1.52 bits per heavy atom. The highest BCUT2D eigenvalue weighted by Gasteiger charge is 2.24. The number of rotatable bonds is 9. The van der Waals surface area contributed by atoms with Gasteiger partial charge < -0.3 is 15.0 Å². The van der Waals surface area contributed by atoms with E-state index >= 15 is 0 Å². The van der Waals surface area contributed by atoms with Crippen molar-refractivity contribution < 1.29 is 17.9 Å². The number of ether oxygens (including phenoxy) is 1. The van der Waals surface area contributed by atoms with Crippen LogP contribution in [-0.2, 0) is 26.0 Å². The van der Waals surface area contributed by atoms with Crippen molar-refractivity contribution >= 4 is 15.9 Å². The van der Waals surface area contributed by atoms with E-state index in [0.29, 0.717) is 31.8 Å². The topological polar surface area (TPSA) is 104 Å². The Kier molecular flexibility index (Phi) is 6.79. The van der Waals surface area contributed by atoms with Crippen molar-refractivity contribution in [3.8, 4) is 0 Å². The molecule has 8 nitrogen and oxygen atoms in total. The molecule has 0 aliphatic rings. The minimum atomic E-state index is -3.73. The Bertz CT molecular complexity index is 555. The zero-order valence-corrected chi connectivity index (χ0v) is 13.4. The molecule has 0 atom stereocenters. The predicted molar refractivity (Wildman–Crippen MR) is 77.3 cm³/mol. The third-order valence-corrected chi connectivity index (χ3v) is 4.55. The number of hydrogen-bond donors (Lipinski definition) is 2. The number of amides is 1. The summed E-state index contributed by atoms with van der Waals surface area (Å²) >= 11 is 0. The minimum absolute atomic E-state index is 0.00553. The van der Waals surface area contributed by atoms with Gasteiger partial charge in [-0.25, -0.2) is 13.4 Å². The van der Waals surface area contributed by atoms with Crippen molar-refractivity contribution in [3.63, 3.8) is 0 Å². The molecule has 0 aliphatic carbocycles. The van der Waals surface area contributed by atoms with E-state index < -0.39 is 10.0 Å². The van der Waals surface area contributed by atoms with Crippen LogP contribution in [0.15, 0.2) is 11.2 Å². The molecule has 1 heterocycles. The third-order valence-electron chi connectivity index (χ3n) is 2.84. The maximum Gasteiger partial charge on any atom is 0.260 e.